The Labute approximate surface area is 115 Å². The molecule has 0 radical (unpaired) electrons. The molecule has 0 heterocycles. The van der Waals surface area contributed by atoms with Crippen molar-refractivity contribution in [2.24, 2.45) is 0 Å². The van der Waals surface area contributed by atoms with E-state index in [0.29, 0.717) is 11.6 Å². The first-order valence-electron chi connectivity index (χ1n) is 5.64. The van der Waals surface area contributed by atoms with Gasteiger partial charge in [0.1, 0.15) is 5.82 Å². The zero-order chi connectivity index (χ0) is 13.8. The molecule has 0 unspecified atom stereocenters. The van der Waals surface area contributed by atoms with E-state index in [1.165, 1.54) is 12.1 Å². The molecule has 0 fully saturated rings. The summed E-state index contributed by atoms with van der Waals surface area (Å²) in [5, 5.41) is 3.33. The number of hydrogen-bond acceptors (Lipinski definition) is 2. The Bertz CT molecular complexity index is 599. The molecule has 1 amide bonds. The Morgan fingerprint density at radius 3 is 2.53 bits per heavy atom. The van der Waals surface area contributed by atoms with Gasteiger partial charge in [-0.25, -0.2) is 4.39 Å². The minimum absolute atomic E-state index is 0.0225. The van der Waals surface area contributed by atoms with Crippen molar-refractivity contribution in [3.63, 3.8) is 0 Å². The van der Waals surface area contributed by atoms with Gasteiger partial charge in [0.15, 0.2) is 0 Å². The number of nitrogens with one attached hydrogen (secondary N) is 1. The molecule has 0 spiro atoms. The Balaban J connectivity index is 2.01. The Morgan fingerprint density at radius 2 is 1.89 bits per heavy atom. The summed E-state index contributed by atoms with van der Waals surface area (Å²) in [6.45, 7) is 0.349. The third kappa shape index (κ3) is 3.45. The van der Waals surface area contributed by atoms with E-state index in [9.17, 15) is 9.18 Å². The lowest BCUT2D eigenvalue weighted by atomic mass is 10.1. The highest BCUT2D eigenvalue weighted by Crippen LogP contribution is 2.12. The van der Waals surface area contributed by atoms with Gasteiger partial charge in [0.25, 0.3) is 5.91 Å². The van der Waals surface area contributed by atoms with E-state index in [0.717, 1.165) is 11.6 Å². The number of rotatable bonds is 3. The fourth-order valence-corrected chi connectivity index (χ4v) is 1.68. The highest BCUT2D eigenvalue weighted by atomic mass is 35.5. The Hall–Kier alpha value is -2.07. The summed E-state index contributed by atoms with van der Waals surface area (Å²) in [5.74, 6) is -0.951. The summed E-state index contributed by atoms with van der Waals surface area (Å²) < 4.78 is 13.2. The van der Waals surface area contributed by atoms with Crippen molar-refractivity contribution in [2.75, 3.05) is 5.73 Å². The average Bonchev–Trinajstić information content (AvgIpc) is 2.41. The number of nitrogen functional groups attached to an aromatic ring is 1. The van der Waals surface area contributed by atoms with Crippen LogP contribution < -0.4 is 11.1 Å². The van der Waals surface area contributed by atoms with E-state index in [4.69, 9.17) is 17.3 Å². The zero-order valence-corrected chi connectivity index (χ0v) is 10.7. The van der Waals surface area contributed by atoms with Gasteiger partial charge in [-0.2, -0.15) is 0 Å². The minimum Gasteiger partial charge on any atom is -0.396 e. The van der Waals surface area contributed by atoms with Gasteiger partial charge in [-0.15, -0.1) is 0 Å². The maximum absolute atomic E-state index is 13.2. The number of nitrogens with two attached hydrogens (primary N) is 1. The lowest BCUT2D eigenvalue weighted by Crippen LogP contribution is -2.22. The van der Waals surface area contributed by atoms with Crippen LogP contribution in [-0.2, 0) is 6.54 Å². The van der Waals surface area contributed by atoms with Crippen LogP contribution in [0.5, 0.6) is 0 Å². The van der Waals surface area contributed by atoms with Gasteiger partial charge >= 0.3 is 0 Å². The molecular weight excluding hydrogens is 267 g/mol. The van der Waals surface area contributed by atoms with Crippen molar-refractivity contribution in [3.05, 3.63) is 64.4 Å². The number of anilines is 1. The summed E-state index contributed by atoms with van der Waals surface area (Å²) in [6.07, 6.45) is 0. The molecule has 98 valence electrons. The largest absolute Gasteiger partial charge is 0.396 e. The summed E-state index contributed by atoms with van der Waals surface area (Å²) >= 11 is 5.76. The van der Waals surface area contributed by atoms with Crippen molar-refractivity contribution < 1.29 is 9.18 Å². The minimum atomic E-state index is -0.598. The molecule has 3 N–H and O–H groups in total. The summed E-state index contributed by atoms with van der Waals surface area (Å²) in [6, 6.07) is 11.1. The molecule has 0 aliphatic carbocycles. The molecule has 0 atom stereocenters. The molecule has 2 aromatic carbocycles. The number of halogens is 2. The molecule has 0 aromatic heterocycles. The van der Waals surface area contributed by atoms with Crippen molar-refractivity contribution >= 4 is 23.2 Å². The van der Waals surface area contributed by atoms with Crippen LogP contribution in [0.1, 0.15) is 15.9 Å². The molecule has 0 aliphatic heterocycles. The second-order valence-corrected chi connectivity index (χ2v) is 4.48. The van der Waals surface area contributed by atoms with Crippen LogP contribution in [0.25, 0.3) is 0 Å². The topological polar surface area (TPSA) is 55.1 Å². The maximum atomic E-state index is 13.2. The number of amides is 1. The monoisotopic (exact) mass is 278 g/mol. The second-order valence-electron chi connectivity index (χ2n) is 4.05. The van der Waals surface area contributed by atoms with Gasteiger partial charge < -0.3 is 11.1 Å². The van der Waals surface area contributed by atoms with Crippen molar-refractivity contribution in [1.82, 2.24) is 5.32 Å². The number of carbonyl (C=O) groups is 1. The van der Waals surface area contributed by atoms with Crippen LogP contribution in [-0.4, -0.2) is 5.91 Å². The first-order valence-corrected chi connectivity index (χ1v) is 6.02. The molecule has 0 saturated heterocycles. The predicted molar refractivity (Wildman–Crippen MR) is 73.4 cm³/mol. The lowest BCUT2D eigenvalue weighted by Gasteiger charge is -2.06. The predicted octanol–water partition coefficient (Wildman–Crippen LogP) is 2.99. The third-order valence-electron chi connectivity index (χ3n) is 2.63. The molecule has 2 aromatic rings. The highest BCUT2D eigenvalue weighted by Gasteiger charge is 2.08. The molecule has 0 bridgehead atoms. The molecular formula is C14H12ClFN2O. The SMILES string of the molecule is Nc1ccc(C(=O)NCc2ccc(Cl)cc2)cc1F. The summed E-state index contributed by atoms with van der Waals surface area (Å²) in [7, 11) is 0. The number of benzene rings is 2. The molecule has 3 nitrogen and oxygen atoms in total. The van der Waals surface area contributed by atoms with Gasteiger partial charge in [0, 0.05) is 17.1 Å². The summed E-state index contributed by atoms with van der Waals surface area (Å²) in [4.78, 5) is 11.8. The van der Waals surface area contributed by atoms with Gasteiger partial charge in [-0.3, -0.25) is 4.79 Å². The van der Waals surface area contributed by atoms with E-state index >= 15 is 0 Å². The zero-order valence-electron chi connectivity index (χ0n) is 9.99. The Morgan fingerprint density at radius 1 is 1.21 bits per heavy atom. The fraction of sp³-hybridized carbons (Fsp3) is 0.0714. The molecule has 2 rings (SSSR count). The van der Waals surface area contributed by atoms with Gasteiger partial charge in [0.05, 0.1) is 5.69 Å². The van der Waals surface area contributed by atoms with Gasteiger partial charge in [-0.1, -0.05) is 23.7 Å². The van der Waals surface area contributed by atoms with E-state index in [2.05, 4.69) is 5.32 Å². The summed E-state index contributed by atoms with van der Waals surface area (Å²) in [5.41, 5.74) is 6.52. The molecule has 5 heteroatoms. The van der Waals surface area contributed by atoms with E-state index in [-0.39, 0.29) is 17.2 Å². The lowest BCUT2D eigenvalue weighted by molar-refractivity contribution is 0.0950. The van der Waals surface area contributed by atoms with Crippen molar-refractivity contribution in [2.45, 2.75) is 6.54 Å². The molecule has 19 heavy (non-hydrogen) atoms. The number of carbonyl (C=O) groups excluding carboxylic acids is 1. The average molecular weight is 279 g/mol. The molecule has 0 aliphatic rings. The smallest absolute Gasteiger partial charge is 0.251 e. The van der Waals surface area contributed by atoms with Crippen molar-refractivity contribution in [1.29, 1.82) is 0 Å². The quantitative estimate of drug-likeness (QED) is 0.848. The first kappa shape index (κ1) is 13.4. The van der Waals surface area contributed by atoms with Crippen LogP contribution in [0.15, 0.2) is 42.5 Å². The van der Waals surface area contributed by atoms with E-state index < -0.39 is 5.82 Å². The standard InChI is InChI=1S/C14H12ClFN2O/c15-11-4-1-9(2-5-11)8-18-14(19)10-3-6-13(17)12(16)7-10/h1-7H,8,17H2,(H,18,19). The molecule has 0 saturated carbocycles. The van der Waals surface area contributed by atoms with E-state index in [1.54, 1.807) is 12.1 Å². The van der Waals surface area contributed by atoms with Crippen LogP contribution in [0.4, 0.5) is 10.1 Å². The van der Waals surface area contributed by atoms with Gasteiger partial charge in [-0.05, 0) is 35.9 Å². The van der Waals surface area contributed by atoms with Gasteiger partial charge in [0.2, 0.25) is 0 Å². The maximum Gasteiger partial charge on any atom is 0.251 e. The normalized spacial score (nSPS) is 10.2. The van der Waals surface area contributed by atoms with Crippen LogP contribution in [0.2, 0.25) is 5.02 Å². The second kappa shape index (κ2) is 5.71. The highest BCUT2D eigenvalue weighted by molar-refractivity contribution is 6.30. The van der Waals surface area contributed by atoms with Crippen LogP contribution in [0.3, 0.4) is 0 Å². The third-order valence-corrected chi connectivity index (χ3v) is 2.88. The van der Waals surface area contributed by atoms with E-state index in [1.807, 2.05) is 12.1 Å². The Kier molecular flexibility index (Phi) is 4.02. The first-order chi connectivity index (χ1) is 9.06. The van der Waals surface area contributed by atoms with Crippen LogP contribution >= 0.6 is 11.6 Å². The van der Waals surface area contributed by atoms with Crippen LogP contribution in [0, 0.1) is 5.82 Å². The fourth-order valence-electron chi connectivity index (χ4n) is 1.56. The van der Waals surface area contributed by atoms with Crippen molar-refractivity contribution in [3.8, 4) is 0 Å². The number of hydrogen-bond donors (Lipinski definition) is 2.